The summed E-state index contributed by atoms with van der Waals surface area (Å²) < 4.78 is 0. The van der Waals surface area contributed by atoms with Crippen LogP contribution in [0.2, 0.25) is 5.02 Å². The molecule has 1 atom stereocenters. The van der Waals surface area contributed by atoms with E-state index in [-0.39, 0.29) is 11.9 Å². The Bertz CT molecular complexity index is 685. The standard InChI is InChI=1S/C22H33ClN4O2/c1-17(26-11-2-3-12-26)7-10-24-21(28)15-18-8-13-27(14-9-18)22(29)25-20-6-4-5-19(23)16-20/h4-6,16-18H,2-3,7-15H2,1H3,(H,24,28)(H,25,29). The predicted molar refractivity (Wildman–Crippen MR) is 117 cm³/mol. The van der Waals surface area contributed by atoms with Crippen LogP contribution in [0, 0.1) is 5.92 Å². The van der Waals surface area contributed by atoms with Crippen molar-refractivity contribution in [1.82, 2.24) is 15.1 Å². The van der Waals surface area contributed by atoms with E-state index in [1.807, 2.05) is 17.0 Å². The maximum absolute atomic E-state index is 12.4. The van der Waals surface area contributed by atoms with Crippen molar-refractivity contribution in [2.75, 3.05) is 38.0 Å². The molecule has 2 aliphatic heterocycles. The fourth-order valence-electron chi connectivity index (χ4n) is 4.23. The second-order valence-corrected chi connectivity index (χ2v) is 8.74. The Balaban J connectivity index is 1.31. The van der Waals surface area contributed by atoms with Crippen molar-refractivity contribution >= 4 is 29.2 Å². The molecule has 2 heterocycles. The molecule has 1 unspecified atom stereocenters. The Morgan fingerprint density at radius 3 is 2.59 bits per heavy atom. The summed E-state index contributed by atoms with van der Waals surface area (Å²) in [5.41, 5.74) is 0.701. The number of hydrogen-bond donors (Lipinski definition) is 2. The summed E-state index contributed by atoms with van der Waals surface area (Å²) in [6.45, 7) is 6.74. The van der Waals surface area contributed by atoms with Crippen molar-refractivity contribution in [2.45, 2.75) is 51.5 Å². The number of urea groups is 1. The summed E-state index contributed by atoms with van der Waals surface area (Å²) in [6, 6.07) is 7.59. The Kier molecular flexibility index (Phi) is 8.19. The molecule has 1 aromatic rings. The van der Waals surface area contributed by atoms with Crippen LogP contribution in [-0.4, -0.2) is 60.5 Å². The van der Waals surface area contributed by atoms with Crippen LogP contribution in [0.5, 0.6) is 0 Å². The van der Waals surface area contributed by atoms with E-state index in [0.717, 1.165) is 25.8 Å². The number of halogens is 1. The Morgan fingerprint density at radius 1 is 1.17 bits per heavy atom. The lowest BCUT2D eigenvalue weighted by atomic mass is 9.93. The molecule has 29 heavy (non-hydrogen) atoms. The normalized spacial score (nSPS) is 19.2. The number of carbonyl (C=O) groups is 2. The summed E-state index contributed by atoms with van der Waals surface area (Å²) in [5.74, 6) is 0.488. The predicted octanol–water partition coefficient (Wildman–Crippen LogP) is 3.96. The van der Waals surface area contributed by atoms with Crippen LogP contribution in [-0.2, 0) is 4.79 Å². The largest absolute Gasteiger partial charge is 0.356 e. The molecule has 3 amide bonds. The van der Waals surface area contributed by atoms with E-state index in [2.05, 4.69) is 22.5 Å². The first-order valence-electron chi connectivity index (χ1n) is 10.8. The van der Waals surface area contributed by atoms with E-state index < -0.39 is 0 Å². The van der Waals surface area contributed by atoms with Gasteiger partial charge < -0.3 is 20.4 Å². The highest BCUT2D eigenvalue weighted by molar-refractivity contribution is 6.30. The number of likely N-dealkylation sites (tertiary alicyclic amines) is 2. The number of piperidine rings is 1. The van der Waals surface area contributed by atoms with Crippen LogP contribution in [0.1, 0.15) is 45.4 Å². The average Bonchev–Trinajstić information content (AvgIpc) is 3.23. The topological polar surface area (TPSA) is 64.7 Å². The molecule has 0 bridgehead atoms. The number of nitrogens with zero attached hydrogens (tertiary/aromatic N) is 2. The number of amides is 3. The lowest BCUT2D eigenvalue weighted by molar-refractivity contribution is -0.122. The summed E-state index contributed by atoms with van der Waals surface area (Å²) in [7, 11) is 0. The van der Waals surface area contributed by atoms with Crippen molar-refractivity contribution in [2.24, 2.45) is 5.92 Å². The number of carbonyl (C=O) groups excluding carboxylic acids is 2. The highest BCUT2D eigenvalue weighted by Crippen LogP contribution is 2.22. The van der Waals surface area contributed by atoms with Gasteiger partial charge in [0.05, 0.1) is 0 Å². The molecule has 160 valence electrons. The van der Waals surface area contributed by atoms with Crippen LogP contribution in [0.4, 0.5) is 10.5 Å². The van der Waals surface area contributed by atoms with Crippen LogP contribution < -0.4 is 10.6 Å². The third-order valence-corrected chi connectivity index (χ3v) is 6.34. The van der Waals surface area contributed by atoms with Gasteiger partial charge in [-0.2, -0.15) is 0 Å². The molecule has 2 saturated heterocycles. The molecule has 3 rings (SSSR count). The van der Waals surface area contributed by atoms with Crippen molar-refractivity contribution in [3.05, 3.63) is 29.3 Å². The minimum atomic E-state index is -0.105. The van der Waals surface area contributed by atoms with Crippen LogP contribution in [0.25, 0.3) is 0 Å². The molecule has 0 aliphatic carbocycles. The Hall–Kier alpha value is -1.79. The van der Waals surface area contributed by atoms with Gasteiger partial charge in [-0.25, -0.2) is 4.79 Å². The zero-order valence-corrected chi connectivity index (χ0v) is 18.1. The smallest absolute Gasteiger partial charge is 0.321 e. The highest BCUT2D eigenvalue weighted by Gasteiger charge is 2.24. The number of benzene rings is 1. The van der Waals surface area contributed by atoms with Crippen molar-refractivity contribution in [3.8, 4) is 0 Å². The van der Waals surface area contributed by atoms with Gasteiger partial charge in [0, 0.05) is 42.8 Å². The second-order valence-electron chi connectivity index (χ2n) is 8.31. The molecule has 2 N–H and O–H groups in total. The Morgan fingerprint density at radius 2 is 1.90 bits per heavy atom. The average molecular weight is 421 g/mol. The molecule has 2 fully saturated rings. The lowest BCUT2D eigenvalue weighted by Gasteiger charge is -2.31. The second kappa shape index (κ2) is 10.8. The number of hydrogen-bond acceptors (Lipinski definition) is 3. The van der Waals surface area contributed by atoms with E-state index in [1.54, 1.807) is 12.1 Å². The van der Waals surface area contributed by atoms with Crippen molar-refractivity contribution in [3.63, 3.8) is 0 Å². The SMILES string of the molecule is CC(CCNC(=O)CC1CCN(C(=O)Nc2cccc(Cl)c2)CC1)N1CCCC1. The summed E-state index contributed by atoms with van der Waals surface area (Å²) in [5, 5.41) is 6.57. The molecule has 0 aromatic heterocycles. The number of nitrogens with one attached hydrogen (secondary N) is 2. The van der Waals surface area contributed by atoms with Crippen molar-refractivity contribution < 1.29 is 9.59 Å². The number of anilines is 1. The van der Waals surface area contributed by atoms with Gasteiger partial charge in [-0.05, 0) is 76.2 Å². The molecule has 0 radical (unpaired) electrons. The molecule has 7 heteroatoms. The molecule has 6 nitrogen and oxygen atoms in total. The maximum atomic E-state index is 12.4. The molecular formula is C22H33ClN4O2. The molecular weight excluding hydrogens is 388 g/mol. The first kappa shape index (κ1) is 21.9. The first-order chi connectivity index (χ1) is 14.0. The quantitative estimate of drug-likeness (QED) is 0.701. The van der Waals surface area contributed by atoms with Crippen LogP contribution >= 0.6 is 11.6 Å². The summed E-state index contributed by atoms with van der Waals surface area (Å²) in [6.07, 6.45) is 5.88. The summed E-state index contributed by atoms with van der Waals surface area (Å²) >= 11 is 5.96. The third kappa shape index (κ3) is 6.89. The van der Waals surface area contributed by atoms with Gasteiger partial charge in [0.15, 0.2) is 0 Å². The van der Waals surface area contributed by atoms with E-state index in [4.69, 9.17) is 11.6 Å². The number of rotatable bonds is 7. The van der Waals surface area contributed by atoms with Crippen molar-refractivity contribution in [1.29, 1.82) is 0 Å². The summed E-state index contributed by atoms with van der Waals surface area (Å²) in [4.78, 5) is 29.0. The minimum Gasteiger partial charge on any atom is -0.356 e. The maximum Gasteiger partial charge on any atom is 0.321 e. The zero-order valence-electron chi connectivity index (χ0n) is 17.3. The third-order valence-electron chi connectivity index (χ3n) is 6.10. The fraction of sp³-hybridized carbons (Fsp3) is 0.636. The zero-order chi connectivity index (χ0) is 20.6. The van der Waals surface area contributed by atoms with Gasteiger partial charge in [-0.15, -0.1) is 0 Å². The molecule has 2 aliphatic rings. The van der Waals surface area contributed by atoms with Gasteiger partial charge in [0.2, 0.25) is 5.91 Å². The molecule has 1 aromatic carbocycles. The fourth-order valence-corrected chi connectivity index (χ4v) is 4.42. The van der Waals surface area contributed by atoms with E-state index in [9.17, 15) is 9.59 Å². The van der Waals surface area contributed by atoms with E-state index >= 15 is 0 Å². The van der Waals surface area contributed by atoms with Crippen LogP contribution in [0.3, 0.4) is 0 Å². The minimum absolute atomic E-state index is 0.105. The molecule has 0 spiro atoms. The van der Waals surface area contributed by atoms with E-state index in [0.29, 0.717) is 42.2 Å². The van der Waals surface area contributed by atoms with Gasteiger partial charge >= 0.3 is 6.03 Å². The van der Waals surface area contributed by atoms with Gasteiger partial charge in [-0.3, -0.25) is 4.79 Å². The Labute approximate surface area is 179 Å². The van der Waals surface area contributed by atoms with Gasteiger partial charge in [-0.1, -0.05) is 17.7 Å². The highest BCUT2D eigenvalue weighted by atomic mass is 35.5. The first-order valence-corrected chi connectivity index (χ1v) is 11.2. The van der Waals surface area contributed by atoms with Gasteiger partial charge in [0.25, 0.3) is 0 Å². The van der Waals surface area contributed by atoms with E-state index in [1.165, 1.54) is 25.9 Å². The lowest BCUT2D eigenvalue weighted by Crippen LogP contribution is -2.42. The monoisotopic (exact) mass is 420 g/mol. The van der Waals surface area contributed by atoms with Crippen LogP contribution in [0.15, 0.2) is 24.3 Å². The molecule has 0 saturated carbocycles. The van der Waals surface area contributed by atoms with Gasteiger partial charge in [0.1, 0.15) is 0 Å².